The maximum absolute atomic E-state index is 12.1. The highest BCUT2D eigenvalue weighted by Gasteiger charge is 2.23. The van der Waals surface area contributed by atoms with Crippen LogP contribution in [0.1, 0.15) is 226 Å². The molecule has 0 heterocycles. The zero-order chi connectivity index (χ0) is 42.5. The molecule has 9 nitrogen and oxygen atoms in total. The van der Waals surface area contributed by atoms with Gasteiger partial charge < -0.3 is 20.1 Å². The van der Waals surface area contributed by atoms with Crippen molar-refractivity contribution in [2.45, 2.75) is 232 Å². The van der Waals surface area contributed by atoms with Gasteiger partial charge in [0.05, 0.1) is 13.2 Å². The van der Waals surface area contributed by atoms with Gasteiger partial charge in [-0.3, -0.25) is 18.6 Å². The van der Waals surface area contributed by atoms with Crippen LogP contribution in [0.25, 0.3) is 0 Å². The normalized spacial score (nSPS) is 13.5. The maximum atomic E-state index is 12.1. The van der Waals surface area contributed by atoms with E-state index in [9.17, 15) is 24.2 Å². The minimum atomic E-state index is -4.42. The number of esters is 1. The number of aliphatic hydroxyl groups is 1. The molecule has 0 aromatic heterocycles. The van der Waals surface area contributed by atoms with Gasteiger partial charge in [0.25, 0.3) is 0 Å². The number of nitrogens with one attached hydrogen (secondary N) is 1. The molecule has 2 atom stereocenters. The summed E-state index contributed by atoms with van der Waals surface area (Å²) >= 11 is 0. The number of phosphoric acid groups is 1. The highest BCUT2D eigenvalue weighted by Crippen LogP contribution is 2.42. The van der Waals surface area contributed by atoms with Gasteiger partial charge in [0.15, 0.2) is 0 Å². The fourth-order valence-electron chi connectivity index (χ4n) is 6.68. The Hall–Kier alpha value is -1.77. The van der Waals surface area contributed by atoms with Crippen LogP contribution in [-0.2, 0) is 27.9 Å². The summed E-state index contributed by atoms with van der Waals surface area (Å²) < 4.78 is 26.9. The monoisotopic (exact) mass is 840 g/mol. The van der Waals surface area contributed by atoms with E-state index in [2.05, 4.69) is 55.6 Å². The Balaban J connectivity index is 3.56. The number of ether oxygens (including phenoxy) is 1. The minimum absolute atomic E-state index is 0.0805. The lowest BCUT2D eigenvalue weighted by Gasteiger charge is -2.15. The van der Waals surface area contributed by atoms with Crippen molar-refractivity contribution in [2.75, 3.05) is 26.4 Å². The van der Waals surface area contributed by atoms with Gasteiger partial charge >= 0.3 is 13.8 Å². The van der Waals surface area contributed by atoms with Gasteiger partial charge in [-0.15, -0.1) is 0 Å². The number of hydrogen-bond donors (Lipinski definition) is 3. The molecule has 0 aromatic rings. The first-order chi connectivity index (χ1) is 28.3. The first-order valence-corrected chi connectivity index (χ1v) is 25.5. The Labute approximate surface area is 356 Å². The Morgan fingerprint density at radius 2 is 0.931 bits per heavy atom. The van der Waals surface area contributed by atoms with Crippen molar-refractivity contribution in [3.63, 3.8) is 0 Å². The zero-order valence-electron chi connectivity index (χ0n) is 37.5. The molecule has 0 aromatic carbocycles. The van der Waals surface area contributed by atoms with Crippen LogP contribution in [0.4, 0.5) is 0 Å². The molecule has 0 bridgehead atoms. The molecule has 0 aliphatic carbocycles. The summed E-state index contributed by atoms with van der Waals surface area (Å²) in [6, 6.07) is 0. The van der Waals surface area contributed by atoms with Crippen LogP contribution in [-0.4, -0.2) is 54.3 Å². The number of hydrogen-bond acceptors (Lipinski definition) is 7. The van der Waals surface area contributed by atoms with E-state index in [4.69, 9.17) is 13.8 Å². The summed E-state index contributed by atoms with van der Waals surface area (Å²) in [5, 5.41) is 12.7. The molecular weight excluding hydrogens is 750 g/mol. The van der Waals surface area contributed by atoms with Crippen molar-refractivity contribution < 1.29 is 37.9 Å². The average molecular weight is 840 g/mol. The second-order valence-corrected chi connectivity index (χ2v) is 17.5. The lowest BCUT2D eigenvalue weighted by Crippen LogP contribution is -2.27. The Morgan fingerprint density at radius 3 is 1.43 bits per heavy atom. The molecule has 0 saturated carbocycles. The molecule has 0 rings (SSSR count). The molecule has 58 heavy (non-hydrogen) atoms. The topological polar surface area (TPSA) is 131 Å². The first kappa shape index (κ1) is 56.2. The number of carbonyl (C=O) groups is 2. The molecule has 0 aliphatic rings. The van der Waals surface area contributed by atoms with E-state index < -0.39 is 26.5 Å². The summed E-state index contributed by atoms with van der Waals surface area (Å²) in [6.07, 6.45) is 50.7. The van der Waals surface area contributed by atoms with Crippen molar-refractivity contribution in [2.24, 2.45) is 0 Å². The van der Waals surface area contributed by atoms with E-state index in [0.717, 1.165) is 51.4 Å². The number of amides is 1. The lowest BCUT2D eigenvalue weighted by molar-refractivity contribution is -0.147. The standard InChI is InChI=1S/C48H90NO8P/c1-3-5-7-9-11-13-15-17-19-20-21-22-23-24-25-26-27-28-30-32-34-36-38-40-47(51)49-42-43-56-58(53,54)57-45-46(50)44-55-48(52)41-39-37-35-33-31-29-18-16-14-12-10-8-6-4-2/h11,13,17,19,21-22,46,50H,3-10,12,14-16,18,20,23-45H2,1-2H3,(H,49,51)(H,53,54)/b13-11-,19-17-,22-21-. The molecule has 0 saturated heterocycles. The van der Waals surface area contributed by atoms with Gasteiger partial charge in [0.2, 0.25) is 5.91 Å². The predicted octanol–water partition coefficient (Wildman–Crippen LogP) is 13.7. The van der Waals surface area contributed by atoms with E-state index in [-0.39, 0.29) is 32.1 Å². The molecule has 10 heteroatoms. The molecule has 0 spiro atoms. The lowest BCUT2D eigenvalue weighted by atomic mass is 10.0. The molecule has 0 radical (unpaired) electrons. The maximum Gasteiger partial charge on any atom is 0.472 e. The van der Waals surface area contributed by atoms with Crippen LogP contribution < -0.4 is 5.32 Å². The Morgan fingerprint density at radius 1 is 0.534 bits per heavy atom. The van der Waals surface area contributed by atoms with Crippen LogP contribution in [0.3, 0.4) is 0 Å². The Bertz CT molecular complexity index is 1050. The molecule has 0 fully saturated rings. The van der Waals surface area contributed by atoms with Crippen molar-refractivity contribution in [3.8, 4) is 0 Å². The smallest absolute Gasteiger partial charge is 0.463 e. The highest BCUT2D eigenvalue weighted by molar-refractivity contribution is 7.47. The third kappa shape index (κ3) is 45.3. The van der Waals surface area contributed by atoms with Crippen molar-refractivity contribution >= 4 is 19.7 Å². The van der Waals surface area contributed by atoms with Gasteiger partial charge in [-0.1, -0.05) is 198 Å². The second kappa shape index (κ2) is 44.8. The quantitative estimate of drug-likeness (QED) is 0.0239. The molecule has 0 aliphatic heterocycles. The number of aliphatic hydroxyl groups excluding tert-OH is 1. The fourth-order valence-corrected chi connectivity index (χ4v) is 7.44. The van der Waals surface area contributed by atoms with Crippen molar-refractivity contribution in [3.05, 3.63) is 36.5 Å². The SMILES string of the molecule is CCCCC/C=C\C/C=C\C/C=C\CCCCCCCCCCCCC(=O)NCCOP(=O)(O)OCC(O)COC(=O)CCCCCCCCCCCCCCCC. The number of phosphoric ester groups is 1. The average Bonchev–Trinajstić information content (AvgIpc) is 3.21. The minimum Gasteiger partial charge on any atom is -0.463 e. The van der Waals surface area contributed by atoms with E-state index in [1.807, 2.05) is 0 Å². The third-order valence-corrected chi connectivity index (χ3v) is 11.3. The van der Waals surface area contributed by atoms with Gasteiger partial charge in [-0.05, 0) is 51.4 Å². The third-order valence-electron chi connectivity index (χ3n) is 10.3. The van der Waals surface area contributed by atoms with E-state index in [0.29, 0.717) is 6.42 Å². The van der Waals surface area contributed by atoms with E-state index in [1.165, 1.54) is 148 Å². The summed E-state index contributed by atoms with van der Waals surface area (Å²) in [4.78, 5) is 34.0. The zero-order valence-corrected chi connectivity index (χ0v) is 38.4. The van der Waals surface area contributed by atoms with Crippen LogP contribution in [0.5, 0.6) is 0 Å². The highest BCUT2D eigenvalue weighted by atomic mass is 31.2. The van der Waals surface area contributed by atoms with Gasteiger partial charge in [0, 0.05) is 19.4 Å². The van der Waals surface area contributed by atoms with E-state index >= 15 is 0 Å². The summed E-state index contributed by atoms with van der Waals surface area (Å²) in [6.45, 7) is 3.55. The van der Waals surface area contributed by atoms with Crippen LogP contribution in [0, 0.1) is 0 Å². The van der Waals surface area contributed by atoms with Gasteiger partial charge in [-0.2, -0.15) is 0 Å². The molecular formula is C48H90NO8P. The first-order valence-electron chi connectivity index (χ1n) is 24.0. The molecule has 3 N–H and O–H groups in total. The Kier molecular flexibility index (Phi) is 43.4. The van der Waals surface area contributed by atoms with Crippen LogP contribution >= 0.6 is 7.82 Å². The number of allylic oxidation sites excluding steroid dienone is 6. The second-order valence-electron chi connectivity index (χ2n) is 16.1. The van der Waals surface area contributed by atoms with Crippen LogP contribution in [0.15, 0.2) is 36.5 Å². The summed E-state index contributed by atoms with van der Waals surface area (Å²) in [5.41, 5.74) is 0. The molecule has 340 valence electrons. The largest absolute Gasteiger partial charge is 0.472 e. The summed E-state index contributed by atoms with van der Waals surface area (Å²) in [7, 11) is -4.42. The van der Waals surface area contributed by atoms with E-state index in [1.54, 1.807) is 0 Å². The van der Waals surface area contributed by atoms with Gasteiger partial charge in [-0.25, -0.2) is 4.57 Å². The van der Waals surface area contributed by atoms with Crippen LogP contribution in [0.2, 0.25) is 0 Å². The molecule has 2 unspecified atom stereocenters. The van der Waals surface area contributed by atoms with Crippen molar-refractivity contribution in [1.82, 2.24) is 5.32 Å². The van der Waals surface area contributed by atoms with Gasteiger partial charge in [0.1, 0.15) is 12.7 Å². The number of carbonyl (C=O) groups excluding carboxylic acids is 2. The fraction of sp³-hybridized carbons (Fsp3) is 0.833. The predicted molar refractivity (Wildman–Crippen MR) is 243 cm³/mol. The van der Waals surface area contributed by atoms with Crippen molar-refractivity contribution in [1.29, 1.82) is 0 Å². The number of rotatable bonds is 45. The number of unbranched alkanes of at least 4 members (excludes halogenated alkanes) is 26. The summed E-state index contributed by atoms with van der Waals surface area (Å²) in [5.74, 6) is -0.514. The molecule has 1 amide bonds.